The van der Waals surface area contributed by atoms with Crippen LogP contribution in [0.15, 0.2) is 68.8 Å². The highest BCUT2D eigenvalue weighted by Crippen LogP contribution is 2.22. The Kier molecular flexibility index (Phi) is 8.79. The molecule has 0 aliphatic carbocycles. The number of nitrogens with one attached hydrogen (secondary N) is 1. The van der Waals surface area contributed by atoms with Gasteiger partial charge >= 0.3 is 0 Å². The average molecular weight is 416 g/mol. The van der Waals surface area contributed by atoms with Crippen LogP contribution in [0.5, 0.6) is 0 Å². The summed E-state index contributed by atoms with van der Waals surface area (Å²) in [5.41, 5.74) is 2.37. The smallest absolute Gasteiger partial charge is 0.276 e. The van der Waals surface area contributed by atoms with E-state index in [-0.39, 0.29) is 4.90 Å². The number of sulfonamides is 1. The monoisotopic (exact) mass is 415 g/mol. The maximum absolute atomic E-state index is 12.3. The van der Waals surface area contributed by atoms with Gasteiger partial charge in [0.15, 0.2) is 0 Å². The van der Waals surface area contributed by atoms with Gasteiger partial charge in [0, 0.05) is 26.0 Å². The molecule has 0 aromatic heterocycles. The van der Waals surface area contributed by atoms with E-state index in [9.17, 15) is 8.42 Å². The third-order valence-corrected chi connectivity index (χ3v) is 5.48. The van der Waals surface area contributed by atoms with E-state index < -0.39 is 10.0 Å². The van der Waals surface area contributed by atoms with Gasteiger partial charge in [0.1, 0.15) is 0 Å². The van der Waals surface area contributed by atoms with Crippen molar-refractivity contribution in [1.82, 2.24) is 4.83 Å². The highest BCUT2D eigenvalue weighted by Gasteiger charge is 2.12. The summed E-state index contributed by atoms with van der Waals surface area (Å²) in [6, 6.07) is 13.9. The van der Waals surface area contributed by atoms with Crippen molar-refractivity contribution in [2.75, 3.05) is 19.0 Å². The largest absolute Gasteiger partial charge is 0.378 e. The van der Waals surface area contributed by atoms with Crippen molar-refractivity contribution in [1.29, 1.82) is 0 Å². The van der Waals surface area contributed by atoms with Crippen LogP contribution >= 0.6 is 0 Å². The minimum atomic E-state index is -3.68. The van der Waals surface area contributed by atoms with Crippen LogP contribution in [0.3, 0.4) is 0 Å². The van der Waals surface area contributed by atoms with Crippen molar-refractivity contribution in [2.45, 2.75) is 43.9 Å². The maximum atomic E-state index is 12.3. The topological polar surface area (TPSA) is 86.5 Å². The first-order chi connectivity index (χ1) is 13.9. The Bertz CT molecular complexity index is 905. The predicted octanol–water partition coefficient (Wildman–Crippen LogP) is 5.40. The second kappa shape index (κ2) is 11.3. The third kappa shape index (κ3) is 7.65. The van der Waals surface area contributed by atoms with Crippen molar-refractivity contribution >= 4 is 33.3 Å². The Morgan fingerprint density at radius 1 is 0.897 bits per heavy atom. The van der Waals surface area contributed by atoms with Crippen molar-refractivity contribution < 1.29 is 8.42 Å². The Morgan fingerprint density at radius 3 is 2.03 bits per heavy atom. The van der Waals surface area contributed by atoms with Gasteiger partial charge in [-0.15, -0.1) is 0 Å². The summed E-state index contributed by atoms with van der Waals surface area (Å²) in [6.07, 6.45) is 6.86. The van der Waals surface area contributed by atoms with Crippen LogP contribution < -0.4 is 9.73 Å². The van der Waals surface area contributed by atoms with Crippen LogP contribution in [0.25, 0.3) is 0 Å². The Hall–Kier alpha value is -2.74. The molecule has 0 atom stereocenters. The van der Waals surface area contributed by atoms with E-state index in [4.69, 9.17) is 0 Å². The van der Waals surface area contributed by atoms with Crippen LogP contribution in [0.1, 0.15) is 39.0 Å². The summed E-state index contributed by atoms with van der Waals surface area (Å²) in [6.45, 7) is 2.15. The fraction of sp³-hybridized carbons (Fsp3) is 0.381. The molecule has 2 aromatic carbocycles. The molecule has 0 radical (unpaired) electrons. The van der Waals surface area contributed by atoms with E-state index in [0.29, 0.717) is 5.69 Å². The minimum Gasteiger partial charge on any atom is -0.378 e. The molecule has 0 bridgehead atoms. The standard InChI is InChI=1S/C21H29N5O2S/c1-4-5-6-7-8-17-22-25-29(27,28)21-15-11-19(12-16-21)24-23-18-9-13-20(14-10-18)26(2)3/h9-17,25H,4-8H2,1-3H3/b22-17+,24-23?. The molecule has 8 heteroatoms. The average Bonchev–Trinajstić information content (AvgIpc) is 2.72. The number of nitrogens with zero attached hydrogens (tertiary/aromatic N) is 4. The molecule has 156 valence electrons. The lowest BCUT2D eigenvalue weighted by Gasteiger charge is -2.11. The van der Waals surface area contributed by atoms with Gasteiger partial charge in [-0.3, -0.25) is 0 Å². The molecule has 0 fully saturated rings. The molecule has 0 amide bonds. The fourth-order valence-corrected chi connectivity index (χ4v) is 3.32. The Morgan fingerprint density at radius 2 is 1.48 bits per heavy atom. The first-order valence-corrected chi connectivity index (χ1v) is 11.2. The summed E-state index contributed by atoms with van der Waals surface area (Å²) in [5.74, 6) is 0. The normalized spacial score (nSPS) is 12.0. The highest BCUT2D eigenvalue weighted by molar-refractivity contribution is 7.89. The Balaban J connectivity index is 1.92. The van der Waals surface area contributed by atoms with Crippen molar-refractivity contribution in [3.8, 4) is 0 Å². The van der Waals surface area contributed by atoms with E-state index in [1.54, 1.807) is 18.3 Å². The van der Waals surface area contributed by atoms with Crippen LogP contribution in [0.4, 0.5) is 17.1 Å². The molecule has 0 aliphatic rings. The number of unbranched alkanes of at least 4 members (excludes halogenated alkanes) is 4. The lowest BCUT2D eigenvalue weighted by atomic mass is 10.2. The van der Waals surface area contributed by atoms with Gasteiger partial charge in [-0.2, -0.15) is 23.7 Å². The van der Waals surface area contributed by atoms with Gasteiger partial charge < -0.3 is 4.90 Å². The second-order valence-corrected chi connectivity index (χ2v) is 8.52. The fourth-order valence-electron chi connectivity index (χ4n) is 2.51. The van der Waals surface area contributed by atoms with E-state index >= 15 is 0 Å². The van der Waals surface area contributed by atoms with E-state index in [1.807, 2.05) is 43.3 Å². The summed E-state index contributed by atoms with van der Waals surface area (Å²) in [5, 5.41) is 12.2. The molecular weight excluding hydrogens is 386 g/mol. The van der Waals surface area contributed by atoms with Crippen LogP contribution in [0, 0.1) is 0 Å². The van der Waals surface area contributed by atoms with Gasteiger partial charge in [-0.1, -0.05) is 26.2 Å². The van der Waals surface area contributed by atoms with Gasteiger partial charge in [-0.25, -0.2) is 4.83 Å². The first kappa shape index (κ1) is 22.5. The molecule has 0 unspecified atom stereocenters. The van der Waals surface area contributed by atoms with Crippen LogP contribution in [-0.2, 0) is 10.0 Å². The summed E-state index contributed by atoms with van der Waals surface area (Å²) < 4.78 is 24.5. The summed E-state index contributed by atoms with van der Waals surface area (Å²) in [7, 11) is 0.265. The quantitative estimate of drug-likeness (QED) is 0.231. The van der Waals surface area contributed by atoms with Gasteiger partial charge in [0.05, 0.1) is 16.3 Å². The zero-order chi connectivity index (χ0) is 21.1. The SMILES string of the molecule is CCCCCC/C=N/NS(=O)(=O)c1ccc(N=Nc2ccc(N(C)C)cc2)cc1. The molecule has 0 saturated carbocycles. The zero-order valence-corrected chi connectivity index (χ0v) is 18.1. The second-order valence-electron chi connectivity index (χ2n) is 6.86. The third-order valence-electron chi connectivity index (χ3n) is 4.25. The molecule has 7 nitrogen and oxygen atoms in total. The Labute approximate surface area is 173 Å². The number of azo groups is 1. The number of hydrogen-bond acceptors (Lipinski definition) is 6. The van der Waals surface area contributed by atoms with E-state index in [2.05, 4.69) is 27.1 Å². The van der Waals surface area contributed by atoms with Gasteiger partial charge in [-0.05, 0) is 61.4 Å². The summed E-state index contributed by atoms with van der Waals surface area (Å²) in [4.78, 5) is 4.38. The molecule has 2 rings (SSSR count). The van der Waals surface area contributed by atoms with Crippen molar-refractivity contribution in [2.24, 2.45) is 15.3 Å². The van der Waals surface area contributed by atoms with Gasteiger partial charge in [0.2, 0.25) is 0 Å². The molecule has 0 saturated heterocycles. The lowest BCUT2D eigenvalue weighted by Crippen LogP contribution is -2.18. The molecule has 0 heterocycles. The lowest BCUT2D eigenvalue weighted by molar-refractivity contribution is 0.584. The zero-order valence-electron chi connectivity index (χ0n) is 17.2. The number of benzene rings is 2. The maximum Gasteiger partial charge on any atom is 0.276 e. The molecule has 1 N–H and O–H groups in total. The number of hydrazone groups is 1. The van der Waals surface area contributed by atoms with Gasteiger partial charge in [0.25, 0.3) is 10.0 Å². The molecule has 2 aromatic rings. The van der Waals surface area contributed by atoms with Crippen molar-refractivity contribution in [3.05, 3.63) is 48.5 Å². The summed E-state index contributed by atoms with van der Waals surface area (Å²) >= 11 is 0. The van der Waals surface area contributed by atoms with Crippen molar-refractivity contribution in [3.63, 3.8) is 0 Å². The molecule has 29 heavy (non-hydrogen) atoms. The number of hydrogen-bond donors (Lipinski definition) is 1. The highest BCUT2D eigenvalue weighted by atomic mass is 32.2. The van der Waals surface area contributed by atoms with Crippen LogP contribution in [0.2, 0.25) is 0 Å². The van der Waals surface area contributed by atoms with E-state index in [1.165, 1.54) is 25.0 Å². The minimum absolute atomic E-state index is 0.134. The van der Waals surface area contributed by atoms with Crippen LogP contribution in [-0.4, -0.2) is 28.7 Å². The number of rotatable bonds is 11. The molecular formula is C21H29N5O2S. The molecule has 0 aliphatic heterocycles. The van der Waals surface area contributed by atoms with E-state index in [0.717, 1.165) is 30.6 Å². The predicted molar refractivity (Wildman–Crippen MR) is 119 cm³/mol. The first-order valence-electron chi connectivity index (χ1n) is 9.75. The molecule has 0 spiro atoms. The number of anilines is 1.